The molecule has 2 aromatic carbocycles. The zero-order valence-corrected chi connectivity index (χ0v) is 16.0. The molecule has 2 amide bonds. The van der Waals surface area contributed by atoms with E-state index in [1.165, 1.54) is 25.3 Å². The topological polar surface area (TPSA) is 95.9 Å². The number of hydrogen-bond acceptors (Lipinski definition) is 5. The number of hydrogen-bond donors (Lipinski definition) is 2. The fourth-order valence-corrected chi connectivity index (χ4v) is 3.35. The third kappa shape index (κ3) is 3.80. The average molecular weight is 433 g/mol. The second kappa shape index (κ2) is 7.79. The molecule has 1 heterocycles. The lowest BCUT2D eigenvalue weighted by Gasteiger charge is -2.17. The van der Waals surface area contributed by atoms with Crippen LogP contribution in [0.4, 0.5) is 11.4 Å². The predicted octanol–water partition coefficient (Wildman–Crippen LogP) is 2.93. The van der Waals surface area contributed by atoms with E-state index in [-0.39, 0.29) is 17.2 Å². The van der Waals surface area contributed by atoms with Crippen molar-refractivity contribution in [2.45, 2.75) is 6.42 Å². The fourth-order valence-electron chi connectivity index (χ4n) is 2.96. The number of esters is 1. The lowest BCUT2D eigenvalue weighted by atomic mass is 10.1. The summed E-state index contributed by atoms with van der Waals surface area (Å²) in [6.45, 7) is 0.418. The minimum absolute atomic E-state index is 0.0524. The molecule has 0 bridgehead atoms. The Morgan fingerprint density at radius 2 is 2.00 bits per heavy atom. The van der Waals surface area contributed by atoms with Gasteiger partial charge in [0.05, 0.1) is 12.8 Å². The first-order valence-electron chi connectivity index (χ1n) is 8.20. The molecule has 0 spiro atoms. The first kappa shape index (κ1) is 18.9. The smallest absolute Gasteiger partial charge is 0.341 e. The Morgan fingerprint density at radius 1 is 1.26 bits per heavy atom. The van der Waals surface area contributed by atoms with Crippen molar-refractivity contribution in [2.24, 2.45) is 5.92 Å². The number of benzene rings is 2. The van der Waals surface area contributed by atoms with E-state index in [0.717, 1.165) is 4.47 Å². The molecule has 1 aliphatic rings. The molecule has 0 aliphatic carbocycles. The van der Waals surface area contributed by atoms with Crippen molar-refractivity contribution >= 4 is 45.1 Å². The first-order chi connectivity index (χ1) is 12.9. The third-order valence-electron chi connectivity index (χ3n) is 4.34. The van der Waals surface area contributed by atoms with Crippen LogP contribution in [0.2, 0.25) is 0 Å². The third-order valence-corrected chi connectivity index (χ3v) is 4.83. The molecule has 0 aromatic heterocycles. The van der Waals surface area contributed by atoms with Gasteiger partial charge in [-0.15, -0.1) is 0 Å². The monoisotopic (exact) mass is 432 g/mol. The van der Waals surface area contributed by atoms with Crippen LogP contribution < -0.4 is 10.2 Å². The van der Waals surface area contributed by atoms with E-state index < -0.39 is 23.5 Å². The van der Waals surface area contributed by atoms with E-state index in [0.29, 0.717) is 18.7 Å². The maximum Gasteiger partial charge on any atom is 0.341 e. The van der Waals surface area contributed by atoms with Gasteiger partial charge in [-0.1, -0.05) is 28.1 Å². The van der Waals surface area contributed by atoms with E-state index in [4.69, 9.17) is 0 Å². The summed E-state index contributed by atoms with van der Waals surface area (Å²) >= 11 is 3.37. The van der Waals surface area contributed by atoms with Crippen molar-refractivity contribution in [3.8, 4) is 5.75 Å². The molecule has 140 valence electrons. The predicted molar refractivity (Wildman–Crippen MR) is 103 cm³/mol. The summed E-state index contributed by atoms with van der Waals surface area (Å²) in [6, 6.07) is 11.6. The highest BCUT2D eigenvalue weighted by molar-refractivity contribution is 9.10. The van der Waals surface area contributed by atoms with Crippen molar-refractivity contribution in [1.82, 2.24) is 0 Å². The number of phenols is 1. The van der Waals surface area contributed by atoms with Gasteiger partial charge in [0, 0.05) is 16.7 Å². The maximum absolute atomic E-state index is 12.7. The Balaban J connectivity index is 1.76. The zero-order chi connectivity index (χ0) is 19.6. The number of phenolic OH excluding ortho intramolecular Hbond substituents is 1. The zero-order valence-electron chi connectivity index (χ0n) is 14.4. The quantitative estimate of drug-likeness (QED) is 0.439. The molecule has 8 heteroatoms. The number of methoxy groups -OCH3 is 1. The van der Waals surface area contributed by atoms with Crippen LogP contribution in [0.1, 0.15) is 16.8 Å². The van der Waals surface area contributed by atoms with Crippen molar-refractivity contribution < 1.29 is 24.2 Å². The molecule has 1 atom stereocenters. The maximum atomic E-state index is 12.7. The van der Waals surface area contributed by atoms with E-state index >= 15 is 0 Å². The van der Waals surface area contributed by atoms with Gasteiger partial charge in [0.2, 0.25) is 11.8 Å². The molecule has 27 heavy (non-hydrogen) atoms. The van der Waals surface area contributed by atoms with Crippen molar-refractivity contribution in [3.63, 3.8) is 0 Å². The summed E-state index contributed by atoms with van der Waals surface area (Å²) < 4.78 is 5.43. The fraction of sp³-hybridized carbons (Fsp3) is 0.211. The standard InChI is InChI=1S/C19H17BrN2O5/c1-27-19(26)13-6-3-7-15(16(13)23)21-17(24)14-8-9-22(18(14)25)12-5-2-4-11(20)10-12/h2-7,10,14,23H,8-9H2,1H3,(H,21,24). The van der Waals surface area contributed by atoms with Crippen LogP contribution in [0.25, 0.3) is 0 Å². The van der Waals surface area contributed by atoms with Crippen LogP contribution in [0.15, 0.2) is 46.9 Å². The van der Waals surface area contributed by atoms with Crippen LogP contribution in [0, 0.1) is 5.92 Å². The van der Waals surface area contributed by atoms with Gasteiger partial charge in [-0.25, -0.2) is 4.79 Å². The molecule has 1 fully saturated rings. The van der Waals surface area contributed by atoms with Crippen molar-refractivity contribution in [3.05, 3.63) is 52.5 Å². The second-order valence-electron chi connectivity index (χ2n) is 5.99. The molecule has 3 rings (SSSR count). The summed E-state index contributed by atoms with van der Waals surface area (Å²) in [4.78, 5) is 38.4. The molecular formula is C19H17BrN2O5. The molecule has 2 aromatic rings. The highest BCUT2D eigenvalue weighted by atomic mass is 79.9. The molecule has 1 aliphatic heterocycles. The van der Waals surface area contributed by atoms with Gasteiger partial charge in [-0.05, 0) is 36.8 Å². The van der Waals surface area contributed by atoms with Crippen molar-refractivity contribution in [1.29, 1.82) is 0 Å². The summed E-state index contributed by atoms with van der Waals surface area (Å²) in [5, 5.41) is 12.7. The van der Waals surface area contributed by atoms with Crippen molar-refractivity contribution in [2.75, 3.05) is 23.9 Å². The molecule has 0 saturated carbocycles. The van der Waals surface area contributed by atoms with E-state index in [9.17, 15) is 19.5 Å². The number of nitrogens with zero attached hydrogens (tertiary/aromatic N) is 1. The highest BCUT2D eigenvalue weighted by Crippen LogP contribution is 2.31. The van der Waals surface area contributed by atoms with Gasteiger partial charge < -0.3 is 20.1 Å². The Morgan fingerprint density at radius 3 is 2.70 bits per heavy atom. The number of carbonyl (C=O) groups is 3. The number of nitrogens with one attached hydrogen (secondary N) is 1. The minimum atomic E-state index is -0.870. The Bertz CT molecular complexity index is 915. The largest absolute Gasteiger partial charge is 0.505 e. The summed E-state index contributed by atoms with van der Waals surface area (Å²) in [7, 11) is 1.20. The SMILES string of the molecule is COC(=O)c1cccc(NC(=O)C2CCN(c3cccc(Br)c3)C2=O)c1O. The van der Waals surface area contributed by atoms with Crippen LogP contribution >= 0.6 is 15.9 Å². The molecular weight excluding hydrogens is 416 g/mol. The number of anilines is 2. The summed E-state index contributed by atoms with van der Waals surface area (Å²) in [5.74, 6) is -2.83. The Labute approximate surface area is 164 Å². The average Bonchev–Trinajstić information content (AvgIpc) is 3.04. The number of carbonyl (C=O) groups excluding carboxylic acids is 3. The molecule has 2 N–H and O–H groups in total. The van der Waals surface area contributed by atoms with E-state index in [1.807, 2.05) is 18.2 Å². The molecule has 1 saturated heterocycles. The van der Waals surface area contributed by atoms with Gasteiger partial charge in [0.15, 0.2) is 5.75 Å². The molecule has 1 unspecified atom stereocenters. The van der Waals surface area contributed by atoms with Crippen LogP contribution in [-0.2, 0) is 14.3 Å². The van der Waals surface area contributed by atoms with Gasteiger partial charge in [-0.3, -0.25) is 9.59 Å². The number of aromatic hydroxyl groups is 1. The Hall–Kier alpha value is -2.87. The minimum Gasteiger partial charge on any atom is -0.505 e. The van der Waals surface area contributed by atoms with Crippen LogP contribution in [-0.4, -0.2) is 36.5 Å². The van der Waals surface area contributed by atoms with Crippen LogP contribution in [0.5, 0.6) is 5.75 Å². The van der Waals surface area contributed by atoms with Gasteiger partial charge in [0.1, 0.15) is 11.5 Å². The van der Waals surface area contributed by atoms with E-state index in [2.05, 4.69) is 26.0 Å². The van der Waals surface area contributed by atoms with E-state index in [1.54, 1.807) is 11.0 Å². The number of amides is 2. The van der Waals surface area contributed by atoms with Gasteiger partial charge >= 0.3 is 5.97 Å². The normalized spacial score (nSPS) is 16.3. The van der Waals surface area contributed by atoms with Crippen LogP contribution in [0.3, 0.4) is 0 Å². The summed E-state index contributed by atoms with van der Waals surface area (Å²) in [5.41, 5.74) is 0.695. The number of halogens is 1. The second-order valence-corrected chi connectivity index (χ2v) is 6.91. The lowest BCUT2D eigenvalue weighted by molar-refractivity contribution is -0.129. The number of para-hydroxylation sites is 1. The van der Waals surface area contributed by atoms with Gasteiger partial charge in [0.25, 0.3) is 0 Å². The number of rotatable bonds is 4. The molecule has 0 radical (unpaired) electrons. The van der Waals surface area contributed by atoms with Gasteiger partial charge in [-0.2, -0.15) is 0 Å². The Kier molecular flexibility index (Phi) is 5.46. The number of ether oxygens (including phenoxy) is 1. The molecule has 7 nitrogen and oxygen atoms in total. The lowest BCUT2D eigenvalue weighted by Crippen LogP contribution is -2.33. The first-order valence-corrected chi connectivity index (χ1v) is 8.99. The summed E-state index contributed by atoms with van der Waals surface area (Å²) in [6.07, 6.45) is 0.356. The highest BCUT2D eigenvalue weighted by Gasteiger charge is 2.38.